The maximum Gasteiger partial charge on any atom is 0.262 e. The first-order valence-corrected chi connectivity index (χ1v) is 6.52. The number of hydrogen-bond acceptors (Lipinski definition) is 2. The third kappa shape index (κ3) is 3.09. The van der Waals surface area contributed by atoms with Gasteiger partial charge >= 0.3 is 0 Å². The number of hydrogen-bond donors (Lipinski definition) is 2. The van der Waals surface area contributed by atoms with Gasteiger partial charge in [-0.3, -0.25) is 9.89 Å². The summed E-state index contributed by atoms with van der Waals surface area (Å²) in [5.74, 6) is -2.40. The Hall–Kier alpha value is -2.24. The van der Waals surface area contributed by atoms with Crippen LogP contribution in [-0.4, -0.2) is 16.1 Å². The lowest BCUT2D eigenvalue weighted by atomic mass is 9.92. The standard InChI is InChI=1S/C15H17F2N3O/c1-8-5-6-9(16)12(13(8)17)14(21)18-11-7-10(19-20-11)15(2,3)4/h5-7H,1-4H3,(H2,18,19,20,21). The number of rotatable bonds is 2. The summed E-state index contributed by atoms with van der Waals surface area (Å²) >= 11 is 0. The summed E-state index contributed by atoms with van der Waals surface area (Å²) in [6.07, 6.45) is 0. The number of amides is 1. The van der Waals surface area contributed by atoms with E-state index in [1.807, 2.05) is 20.8 Å². The quantitative estimate of drug-likeness (QED) is 0.889. The van der Waals surface area contributed by atoms with Gasteiger partial charge in [-0.15, -0.1) is 0 Å². The Kier molecular flexibility index (Phi) is 3.80. The molecule has 2 rings (SSSR count). The average Bonchev–Trinajstić information content (AvgIpc) is 2.83. The lowest BCUT2D eigenvalue weighted by molar-refractivity contribution is 0.101. The number of nitrogens with one attached hydrogen (secondary N) is 2. The van der Waals surface area contributed by atoms with Crippen LogP contribution < -0.4 is 5.32 Å². The summed E-state index contributed by atoms with van der Waals surface area (Å²) in [6.45, 7) is 7.40. The normalized spacial score (nSPS) is 11.5. The third-order valence-electron chi connectivity index (χ3n) is 3.14. The van der Waals surface area contributed by atoms with Gasteiger partial charge in [0.2, 0.25) is 0 Å². The molecule has 0 saturated carbocycles. The van der Waals surface area contributed by atoms with E-state index in [1.54, 1.807) is 6.07 Å². The van der Waals surface area contributed by atoms with Crippen molar-refractivity contribution >= 4 is 11.7 Å². The molecule has 2 N–H and O–H groups in total. The first-order valence-electron chi connectivity index (χ1n) is 6.52. The van der Waals surface area contributed by atoms with Gasteiger partial charge in [-0.25, -0.2) is 8.78 Å². The Bertz CT molecular complexity index is 687. The van der Waals surface area contributed by atoms with Gasteiger partial charge in [0.05, 0.1) is 0 Å². The van der Waals surface area contributed by atoms with Crippen LogP contribution in [0.2, 0.25) is 0 Å². The molecular formula is C15H17F2N3O. The predicted molar refractivity (Wildman–Crippen MR) is 76.3 cm³/mol. The number of halogens is 2. The number of aromatic amines is 1. The van der Waals surface area contributed by atoms with Crippen molar-refractivity contribution in [3.63, 3.8) is 0 Å². The maximum atomic E-state index is 13.9. The van der Waals surface area contributed by atoms with E-state index in [1.165, 1.54) is 13.0 Å². The molecule has 1 amide bonds. The highest BCUT2D eigenvalue weighted by Crippen LogP contribution is 2.23. The number of aryl methyl sites for hydroxylation is 1. The van der Waals surface area contributed by atoms with Crippen molar-refractivity contribution in [2.24, 2.45) is 0 Å². The summed E-state index contributed by atoms with van der Waals surface area (Å²) in [6, 6.07) is 4.00. The van der Waals surface area contributed by atoms with Crippen LogP contribution in [0.25, 0.3) is 0 Å². The van der Waals surface area contributed by atoms with Gasteiger partial charge in [0.15, 0.2) is 5.82 Å². The number of anilines is 1. The molecule has 0 aliphatic carbocycles. The number of benzene rings is 1. The molecule has 112 valence electrons. The van der Waals surface area contributed by atoms with E-state index < -0.39 is 23.1 Å². The van der Waals surface area contributed by atoms with Crippen molar-refractivity contribution < 1.29 is 13.6 Å². The Morgan fingerprint density at radius 2 is 1.95 bits per heavy atom. The topological polar surface area (TPSA) is 57.8 Å². The Morgan fingerprint density at radius 3 is 2.52 bits per heavy atom. The van der Waals surface area contributed by atoms with Crippen LogP contribution >= 0.6 is 0 Å². The van der Waals surface area contributed by atoms with E-state index >= 15 is 0 Å². The Labute approximate surface area is 121 Å². The molecule has 0 saturated heterocycles. The molecule has 0 atom stereocenters. The summed E-state index contributed by atoms with van der Waals surface area (Å²) in [7, 11) is 0. The van der Waals surface area contributed by atoms with Gasteiger partial charge in [0, 0.05) is 17.2 Å². The molecule has 4 nitrogen and oxygen atoms in total. The molecule has 1 heterocycles. The van der Waals surface area contributed by atoms with Gasteiger partial charge in [-0.05, 0) is 18.6 Å². The van der Waals surface area contributed by atoms with Crippen LogP contribution in [0.1, 0.15) is 42.4 Å². The fraction of sp³-hybridized carbons (Fsp3) is 0.333. The van der Waals surface area contributed by atoms with Crippen LogP contribution in [-0.2, 0) is 5.41 Å². The summed E-state index contributed by atoms with van der Waals surface area (Å²) in [5.41, 5.74) is 0.243. The minimum atomic E-state index is -0.901. The van der Waals surface area contributed by atoms with Crippen molar-refractivity contribution in [1.29, 1.82) is 0 Å². The van der Waals surface area contributed by atoms with E-state index in [2.05, 4.69) is 15.5 Å². The monoisotopic (exact) mass is 293 g/mol. The fourth-order valence-electron chi connectivity index (χ4n) is 1.81. The van der Waals surface area contributed by atoms with E-state index in [-0.39, 0.29) is 16.8 Å². The molecule has 0 radical (unpaired) electrons. The SMILES string of the molecule is Cc1ccc(F)c(C(=O)Nc2cc(C(C)(C)C)[nH]n2)c1F. The molecule has 0 unspecified atom stereocenters. The zero-order valence-electron chi connectivity index (χ0n) is 12.3. The molecule has 21 heavy (non-hydrogen) atoms. The van der Waals surface area contributed by atoms with Gasteiger partial charge in [0.25, 0.3) is 5.91 Å². The van der Waals surface area contributed by atoms with E-state index in [9.17, 15) is 13.6 Å². The Morgan fingerprint density at radius 1 is 1.29 bits per heavy atom. The highest BCUT2D eigenvalue weighted by atomic mass is 19.1. The average molecular weight is 293 g/mol. The lowest BCUT2D eigenvalue weighted by Gasteiger charge is -2.14. The van der Waals surface area contributed by atoms with Crippen LogP contribution in [0.5, 0.6) is 0 Å². The molecule has 1 aromatic carbocycles. The molecule has 6 heteroatoms. The zero-order valence-corrected chi connectivity index (χ0v) is 12.3. The highest BCUT2D eigenvalue weighted by molar-refractivity contribution is 6.04. The number of H-pyrrole nitrogens is 1. The number of aromatic nitrogens is 2. The van der Waals surface area contributed by atoms with E-state index in [4.69, 9.17) is 0 Å². The molecule has 0 bridgehead atoms. The third-order valence-corrected chi connectivity index (χ3v) is 3.14. The number of carbonyl (C=O) groups excluding carboxylic acids is 1. The van der Waals surface area contributed by atoms with Crippen molar-refractivity contribution in [3.8, 4) is 0 Å². The van der Waals surface area contributed by atoms with E-state index in [0.29, 0.717) is 0 Å². The summed E-state index contributed by atoms with van der Waals surface area (Å²) in [4.78, 5) is 12.0. The molecule has 2 aromatic rings. The van der Waals surface area contributed by atoms with E-state index in [0.717, 1.165) is 11.8 Å². The second-order valence-electron chi connectivity index (χ2n) is 5.92. The smallest absolute Gasteiger partial charge is 0.262 e. The van der Waals surface area contributed by atoms with Crippen molar-refractivity contribution in [1.82, 2.24) is 10.2 Å². The predicted octanol–water partition coefficient (Wildman–Crippen LogP) is 3.55. The Balaban J connectivity index is 2.27. The molecule has 0 aliphatic rings. The van der Waals surface area contributed by atoms with Crippen LogP contribution in [0.3, 0.4) is 0 Å². The van der Waals surface area contributed by atoms with Crippen LogP contribution in [0.15, 0.2) is 18.2 Å². The highest BCUT2D eigenvalue weighted by Gasteiger charge is 2.21. The minimum absolute atomic E-state index is 0.171. The largest absolute Gasteiger partial charge is 0.305 e. The van der Waals surface area contributed by atoms with Crippen LogP contribution in [0, 0.1) is 18.6 Å². The van der Waals surface area contributed by atoms with Crippen molar-refractivity contribution in [2.45, 2.75) is 33.1 Å². The molecule has 1 aromatic heterocycles. The fourth-order valence-corrected chi connectivity index (χ4v) is 1.81. The van der Waals surface area contributed by atoms with Crippen molar-refractivity contribution in [3.05, 3.63) is 46.7 Å². The van der Waals surface area contributed by atoms with Gasteiger partial charge in [0.1, 0.15) is 17.2 Å². The van der Waals surface area contributed by atoms with Crippen LogP contribution in [0.4, 0.5) is 14.6 Å². The van der Waals surface area contributed by atoms with Gasteiger partial charge in [-0.2, -0.15) is 5.10 Å². The number of nitrogens with zero attached hydrogens (tertiary/aromatic N) is 1. The molecular weight excluding hydrogens is 276 g/mol. The summed E-state index contributed by atoms with van der Waals surface area (Å²) in [5, 5.41) is 9.12. The lowest BCUT2D eigenvalue weighted by Crippen LogP contribution is -2.17. The maximum absolute atomic E-state index is 13.9. The molecule has 0 fully saturated rings. The first-order chi connectivity index (χ1) is 9.70. The first kappa shape index (κ1) is 15.2. The van der Waals surface area contributed by atoms with Gasteiger partial charge in [-0.1, -0.05) is 26.8 Å². The molecule has 0 spiro atoms. The minimum Gasteiger partial charge on any atom is -0.305 e. The second kappa shape index (κ2) is 5.27. The van der Waals surface area contributed by atoms with Gasteiger partial charge < -0.3 is 5.32 Å². The molecule has 0 aliphatic heterocycles. The zero-order chi connectivity index (χ0) is 15.8. The van der Waals surface area contributed by atoms with Crippen molar-refractivity contribution in [2.75, 3.05) is 5.32 Å². The number of carbonyl (C=O) groups is 1. The summed E-state index contributed by atoms with van der Waals surface area (Å²) < 4.78 is 27.5. The second-order valence-corrected chi connectivity index (χ2v) is 5.92.